The van der Waals surface area contributed by atoms with Gasteiger partial charge in [0.2, 0.25) is 0 Å². The number of hydrogen-bond donors (Lipinski definition) is 2. The number of nitrogens with zero attached hydrogens (tertiary/aromatic N) is 3. The van der Waals surface area contributed by atoms with Crippen LogP contribution in [0, 0.1) is 17.2 Å². The second kappa shape index (κ2) is 7.97. The number of nitriles is 1. The zero-order valence-corrected chi connectivity index (χ0v) is 11.6. The van der Waals surface area contributed by atoms with E-state index in [1.165, 1.54) is 5.56 Å². The Kier molecular flexibility index (Phi) is 6.30. The smallest absolute Gasteiger partial charge is 0.414 e. The molecule has 1 unspecified atom stereocenters. The maximum Gasteiger partial charge on any atom is 0.414 e. The molecule has 21 heavy (non-hydrogen) atoms. The quantitative estimate of drug-likeness (QED) is 0.785. The molecule has 112 valence electrons. The van der Waals surface area contributed by atoms with Crippen LogP contribution in [0.15, 0.2) is 24.5 Å². The average molecular weight is 291 g/mol. The van der Waals surface area contributed by atoms with Gasteiger partial charge in [-0.25, -0.2) is 9.59 Å². The van der Waals surface area contributed by atoms with E-state index >= 15 is 0 Å². The molecule has 0 spiro atoms. The van der Waals surface area contributed by atoms with Crippen molar-refractivity contribution in [1.82, 2.24) is 9.88 Å². The van der Waals surface area contributed by atoms with Crippen LogP contribution in [-0.4, -0.2) is 45.6 Å². The summed E-state index contributed by atoms with van der Waals surface area (Å²) in [5, 5.41) is 23.5. The molecular weight excluding hydrogens is 274 g/mol. The fourth-order valence-corrected chi connectivity index (χ4v) is 2.35. The Balaban J connectivity index is 0.000000315. The van der Waals surface area contributed by atoms with E-state index in [0.29, 0.717) is 18.4 Å². The van der Waals surface area contributed by atoms with Gasteiger partial charge in [-0.05, 0) is 31.0 Å². The minimum Gasteiger partial charge on any atom is -0.473 e. The van der Waals surface area contributed by atoms with E-state index in [2.05, 4.69) is 29.1 Å². The van der Waals surface area contributed by atoms with Crippen molar-refractivity contribution in [3.05, 3.63) is 30.1 Å². The van der Waals surface area contributed by atoms with E-state index < -0.39 is 11.9 Å². The summed E-state index contributed by atoms with van der Waals surface area (Å²) in [4.78, 5) is 24.7. The summed E-state index contributed by atoms with van der Waals surface area (Å²) in [6.07, 6.45) is 5.47. The highest BCUT2D eigenvalue weighted by atomic mass is 16.4. The molecule has 1 aromatic heterocycles. The zero-order chi connectivity index (χ0) is 15.8. The Morgan fingerprint density at radius 3 is 2.62 bits per heavy atom. The van der Waals surface area contributed by atoms with Crippen molar-refractivity contribution in [2.24, 2.45) is 5.92 Å². The molecule has 0 bridgehead atoms. The number of aliphatic carboxylic acids is 2. The highest BCUT2D eigenvalue weighted by Gasteiger charge is 2.30. The van der Waals surface area contributed by atoms with Crippen LogP contribution in [0.1, 0.15) is 24.4 Å². The maximum absolute atomic E-state index is 9.10. The van der Waals surface area contributed by atoms with E-state index in [0.717, 1.165) is 13.0 Å². The van der Waals surface area contributed by atoms with Crippen LogP contribution in [0.5, 0.6) is 0 Å². The van der Waals surface area contributed by atoms with Crippen molar-refractivity contribution in [1.29, 1.82) is 5.26 Å². The normalized spacial score (nSPS) is 21.0. The summed E-state index contributed by atoms with van der Waals surface area (Å²) < 4.78 is 0. The summed E-state index contributed by atoms with van der Waals surface area (Å²) in [6, 6.07) is 6.79. The fourth-order valence-electron chi connectivity index (χ4n) is 2.35. The van der Waals surface area contributed by atoms with Crippen molar-refractivity contribution in [2.75, 3.05) is 13.6 Å². The molecule has 7 nitrogen and oxygen atoms in total. The second-order valence-corrected chi connectivity index (χ2v) is 4.82. The van der Waals surface area contributed by atoms with Gasteiger partial charge in [0.1, 0.15) is 0 Å². The molecule has 0 aliphatic carbocycles. The largest absolute Gasteiger partial charge is 0.473 e. The number of carboxylic acids is 2. The Labute approximate surface area is 122 Å². The lowest BCUT2D eigenvalue weighted by Gasteiger charge is -2.18. The summed E-state index contributed by atoms with van der Waals surface area (Å²) in [5.41, 5.74) is 1.26. The third kappa shape index (κ3) is 5.20. The maximum atomic E-state index is 9.10. The van der Waals surface area contributed by atoms with Gasteiger partial charge in [-0.1, -0.05) is 6.07 Å². The number of likely N-dealkylation sites (tertiary alicyclic amines) is 1. The van der Waals surface area contributed by atoms with Gasteiger partial charge in [0.15, 0.2) is 0 Å². The first-order valence-corrected chi connectivity index (χ1v) is 6.39. The van der Waals surface area contributed by atoms with Crippen LogP contribution in [0.4, 0.5) is 0 Å². The van der Waals surface area contributed by atoms with Crippen LogP contribution in [0.2, 0.25) is 0 Å². The topological polar surface area (TPSA) is 115 Å². The van der Waals surface area contributed by atoms with Crippen LogP contribution in [-0.2, 0) is 9.59 Å². The third-order valence-electron chi connectivity index (χ3n) is 3.27. The van der Waals surface area contributed by atoms with E-state index in [-0.39, 0.29) is 0 Å². The van der Waals surface area contributed by atoms with Gasteiger partial charge in [0.25, 0.3) is 0 Å². The van der Waals surface area contributed by atoms with Crippen molar-refractivity contribution >= 4 is 11.9 Å². The molecule has 0 radical (unpaired) electrons. The number of carboxylic acid groups (broad SMARTS) is 2. The first-order chi connectivity index (χ1) is 9.95. The Bertz CT molecular complexity index is 515. The van der Waals surface area contributed by atoms with Gasteiger partial charge >= 0.3 is 11.9 Å². The third-order valence-corrected chi connectivity index (χ3v) is 3.27. The van der Waals surface area contributed by atoms with E-state index in [1.54, 1.807) is 6.20 Å². The predicted octanol–water partition coefficient (Wildman–Crippen LogP) is 1.14. The number of rotatable bonds is 2. The molecule has 1 aromatic rings. The Morgan fingerprint density at radius 2 is 2.14 bits per heavy atom. The van der Waals surface area contributed by atoms with Gasteiger partial charge in [-0.15, -0.1) is 0 Å². The molecule has 0 amide bonds. The van der Waals surface area contributed by atoms with Crippen molar-refractivity contribution < 1.29 is 19.8 Å². The van der Waals surface area contributed by atoms with Crippen molar-refractivity contribution in [3.63, 3.8) is 0 Å². The SMILES string of the molecule is CN1CC(CC#N)C[C@H]1c1cccnc1.O=C(O)C(=O)O. The molecule has 2 heterocycles. The number of aromatic nitrogens is 1. The number of pyridine rings is 1. The summed E-state index contributed by atoms with van der Waals surface area (Å²) >= 11 is 0. The van der Waals surface area contributed by atoms with E-state index in [4.69, 9.17) is 25.1 Å². The average Bonchev–Trinajstić information content (AvgIpc) is 2.82. The lowest BCUT2D eigenvalue weighted by atomic mass is 9.99. The van der Waals surface area contributed by atoms with Gasteiger partial charge in [0, 0.05) is 31.4 Å². The molecule has 0 saturated carbocycles. The molecule has 2 atom stereocenters. The van der Waals surface area contributed by atoms with Crippen molar-refractivity contribution in [3.8, 4) is 6.07 Å². The first kappa shape index (κ1) is 16.6. The van der Waals surface area contributed by atoms with Gasteiger partial charge in [-0.3, -0.25) is 9.88 Å². The monoisotopic (exact) mass is 291 g/mol. The van der Waals surface area contributed by atoms with Crippen LogP contribution >= 0.6 is 0 Å². The van der Waals surface area contributed by atoms with Crippen LogP contribution in [0.3, 0.4) is 0 Å². The van der Waals surface area contributed by atoms with Gasteiger partial charge < -0.3 is 10.2 Å². The molecule has 2 N–H and O–H groups in total. The number of hydrogen-bond acceptors (Lipinski definition) is 5. The number of carbonyl (C=O) groups is 2. The Morgan fingerprint density at radius 1 is 1.48 bits per heavy atom. The van der Waals surface area contributed by atoms with Crippen LogP contribution in [0.25, 0.3) is 0 Å². The summed E-state index contributed by atoms with van der Waals surface area (Å²) in [5.74, 6) is -3.13. The zero-order valence-electron chi connectivity index (χ0n) is 11.6. The molecule has 7 heteroatoms. The molecule has 0 aromatic carbocycles. The van der Waals surface area contributed by atoms with E-state index in [1.807, 2.05) is 12.3 Å². The highest BCUT2D eigenvalue weighted by molar-refractivity contribution is 6.27. The molecule has 2 rings (SSSR count). The van der Waals surface area contributed by atoms with Gasteiger partial charge in [0.05, 0.1) is 6.07 Å². The fraction of sp³-hybridized carbons (Fsp3) is 0.429. The molecule has 1 fully saturated rings. The lowest BCUT2D eigenvalue weighted by Crippen LogP contribution is -2.18. The molecule has 1 aliphatic heterocycles. The molecule has 1 aliphatic rings. The summed E-state index contributed by atoms with van der Waals surface area (Å²) in [6.45, 7) is 1.02. The predicted molar refractivity (Wildman–Crippen MR) is 73.2 cm³/mol. The standard InChI is InChI=1S/C12H15N3.C2H2O4/c1-15-9-10(4-5-13)7-12(15)11-3-2-6-14-8-11;3-1(4)2(5)6/h2-3,6,8,10,12H,4,7,9H2,1H3;(H,3,4)(H,5,6)/t10?,12-;/m0./s1. The summed E-state index contributed by atoms with van der Waals surface area (Å²) in [7, 11) is 2.12. The highest BCUT2D eigenvalue weighted by Crippen LogP contribution is 2.34. The van der Waals surface area contributed by atoms with Gasteiger partial charge in [-0.2, -0.15) is 5.26 Å². The minimum atomic E-state index is -1.82. The Hall–Kier alpha value is -2.46. The van der Waals surface area contributed by atoms with E-state index in [9.17, 15) is 0 Å². The van der Waals surface area contributed by atoms with Crippen LogP contribution < -0.4 is 0 Å². The lowest BCUT2D eigenvalue weighted by molar-refractivity contribution is -0.159. The minimum absolute atomic E-state index is 0.442. The van der Waals surface area contributed by atoms with Crippen molar-refractivity contribution in [2.45, 2.75) is 18.9 Å². The molecular formula is C14H17N3O4. The molecule has 1 saturated heterocycles. The first-order valence-electron chi connectivity index (χ1n) is 6.39. The second-order valence-electron chi connectivity index (χ2n) is 4.82.